The number of thiazole rings is 2. The van der Waals surface area contributed by atoms with Crippen LogP contribution in [0.4, 0.5) is 17.6 Å². The normalized spacial score (nSPS) is 10.4. The van der Waals surface area contributed by atoms with Crippen LogP contribution < -0.4 is 16.2 Å². The van der Waals surface area contributed by atoms with Gasteiger partial charge >= 0.3 is 0 Å². The van der Waals surface area contributed by atoms with Gasteiger partial charge in [-0.05, 0) is 61.1 Å². The molecule has 0 saturated carbocycles. The number of ether oxygens (including phenoxy) is 1. The van der Waals surface area contributed by atoms with Crippen molar-refractivity contribution in [1.82, 2.24) is 9.97 Å². The SMILES string of the molecule is BrCc1nc(CCc2ccccc2)cs1.NC(=O)c1c(F)ccc(O)c1F.NC(=O)c1c(F)ccc(OCc2nc(CCc3ccccc3)cs2)c1F. The largest absolute Gasteiger partial charge is 0.505 e. The summed E-state index contributed by atoms with van der Waals surface area (Å²) in [6.45, 7) is 0.0246. The molecule has 0 saturated heterocycles. The molecule has 4 aromatic carbocycles. The van der Waals surface area contributed by atoms with Gasteiger partial charge in [0.15, 0.2) is 23.1 Å². The quantitative estimate of drug-likeness (QED) is 0.0835. The van der Waals surface area contributed by atoms with Crippen molar-refractivity contribution in [2.45, 2.75) is 37.6 Å². The Hall–Kier alpha value is -5.12. The van der Waals surface area contributed by atoms with Gasteiger partial charge in [-0.25, -0.2) is 27.5 Å². The van der Waals surface area contributed by atoms with E-state index < -0.39 is 52.0 Å². The summed E-state index contributed by atoms with van der Waals surface area (Å²) in [5, 5.41) is 15.5. The Bertz CT molecular complexity index is 2120. The van der Waals surface area contributed by atoms with E-state index in [0.717, 1.165) is 66.0 Å². The molecule has 2 heterocycles. The third-order valence-electron chi connectivity index (χ3n) is 7.31. The number of amides is 2. The van der Waals surface area contributed by atoms with E-state index in [1.165, 1.54) is 28.2 Å². The number of phenolic OH excluding ortho intramolecular Hbond substituents is 1. The van der Waals surface area contributed by atoms with Crippen molar-refractivity contribution in [3.8, 4) is 11.5 Å². The van der Waals surface area contributed by atoms with E-state index in [1.54, 1.807) is 11.3 Å². The lowest BCUT2D eigenvalue weighted by molar-refractivity contribution is 0.0982. The van der Waals surface area contributed by atoms with Crippen molar-refractivity contribution in [1.29, 1.82) is 0 Å². The summed E-state index contributed by atoms with van der Waals surface area (Å²) in [6.07, 6.45) is 3.77. The van der Waals surface area contributed by atoms with Crippen LogP contribution in [0.15, 0.2) is 95.7 Å². The van der Waals surface area contributed by atoms with Crippen molar-refractivity contribution in [2.24, 2.45) is 11.5 Å². The first-order valence-electron chi connectivity index (χ1n) is 15.8. The highest BCUT2D eigenvalue weighted by molar-refractivity contribution is 9.08. The molecule has 2 aromatic heterocycles. The van der Waals surface area contributed by atoms with Crippen LogP contribution in [0.3, 0.4) is 0 Å². The number of carbonyl (C=O) groups is 2. The smallest absolute Gasteiger partial charge is 0.254 e. The predicted octanol–water partition coefficient (Wildman–Crippen LogP) is 8.48. The van der Waals surface area contributed by atoms with Crippen LogP contribution in [0.2, 0.25) is 0 Å². The lowest BCUT2D eigenvalue weighted by atomic mass is 10.1. The Kier molecular flexibility index (Phi) is 15.5. The lowest BCUT2D eigenvalue weighted by Crippen LogP contribution is -2.16. The average molecular weight is 830 g/mol. The van der Waals surface area contributed by atoms with E-state index >= 15 is 0 Å². The number of hydrogen-bond acceptors (Lipinski definition) is 8. The highest BCUT2D eigenvalue weighted by Gasteiger charge is 2.20. The molecule has 0 radical (unpaired) electrons. The fourth-order valence-electron chi connectivity index (χ4n) is 4.67. The molecule has 15 heteroatoms. The van der Waals surface area contributed by atoms with Crippen molar-refractivity contribution in [2.75, 3.05) is 0 Å². The van der Waals surface area contributed by atoms with Gasteiger partial charge in [-0.15, -0.1) is 22.7 Å². The predicted molar refractivity (Wildman–Crippen MR) is 200 cm³/mol. The Morgan fingerprint density at radius 3 is 1.60 bits per heavy atom. The van der Waals surface area contributed by atoms with E-state index in [1.807, 2.05) is 23.6 Å². The van der Waals surface area contributed by atoms with Gasteiger partial charge in [-0.1, -0.05) is 76.6 Å². The van der Waals surface area contributed by atoms with E-state index in [-0.39, 0.29) is 12.4 Å². The van der Waals surface area contributed by atoms with Crippen LogP contribution in [-0.2, 0) is 37.6 Å². The molecule has 0 unspecified atom stereocenters. The van der Waals surface area contributed by atoms with E-state index in [4.69, 9.17) is 15.6 Å². The molecule has 0 aliphatic carbocycles. The summed E-state index contributed by atoms with van der Waals surface area (Å²) in [5.41, 5.74) is 12.7. The number of aromatic nitrogens is 2. The van der Waals surface area contributed by atoms with Gasteiger partial charge in [0.05, 0.1) is 16.7 Å². The second kappa shape index (κ2) is 20.2. The standard InChI is InChI=1S/C19H16F2N2O2S.C12H12BrNS.C7H5F2NO2/c20-14-8-9-15(18(21)17(14)19(22)24)25-10-16-23-13(11-26-16)7-6-12-4-2-1-3-5-12;13-8-12-14-11(9-15-12)7-6-10-4-2-1-3-5-10;8-3-1-2-4(11)6(9)5(3)7(10)12/h1-5,8-9,11H,6-7,10H2,(H2,22,24);1-5,9H,6-8H2;1-2,11H,(H2,10,12). The van der Waals surface area contributed by atoms with Crippen molar-refractivity contribution in [3.05, 3.63) is 163 Å². The maximum Gasteiger partial charge on any atom is 0.254 e. The van der Waals surface area contributed by atoms with Gasteiger partial charge < -0.3 is 21.3 Å². The highest BCUT2D eigenvalue weighted by Crippen LogP contribution is 2.25. The summed E-state index contributed by atoms with van der Waals surface area (Å²) in [7, 11) is 0. The second-order valence-electron chi connectivity index (χ2n) is 11.1. The summed E-state index contributed by atoms with van der Waals surface area (Å²) in [4.78, 5) is 30.5. The summed E-state index contributed by atoms with van der Waals surface area (Å²) < 4.78 is 58.3. The number of benzene rings is 4. The first kappa shape index (κ1) is 40.6. The molecule has 0 spiro atoms. The monoisotopic (exact) mass is 828 g/mol. The molecular weight excluding hydrogens is 796 g/mol. The number of hydrogen-bond donors (Lipinski definition) is 3. The molecular formula is C38H33BrF4N4O4S2. The Labute approximate surface area is 319 Å². The van der Waals surface area contributed by atoms with Gasteiger partial charge in [-0.3, -0.25) is 9.59 Å². The molecule has 8 nitrogen and oxygen atoms in total. The van der Waals surface area contributed by atoms with Crippen molar-refractivity contribution < 1.29 is 37.0 Å². The van der Waals surface area contributed by atoms with Crippen LogP contribution in [0.25, 0.3) is 0 Å². The number of phenols is 1. The number of nitrogens with zero attached hydrogens (tertiary/aromatic N) is 2. The summed E-state index contributed by atoms with van der Waals surface area (Å²) in [5.74, 6) is -7.99. The zero-order valence-electron chi connectivity index (χ0n) is 27.9. The van der Waals surface area contributed by atoms with Gasteiger partial charge in [0, 0.05) is 10.8 Å². The molecule has 276 valence electrons. The van der Waals surface area contributed by atoms with Crippen molar-refractivity contribution >= 4 is 50.4 Å². The molecule has 0 bridgehead atoms. The Morgan fingerprint density at radius 1 is 0.660 bits per heavy atom. The van der Waals surface area contributed by atoms with Crippen LogP contribution in [0.5, 0.6) is 11.5 Å². The number of halogens is 5. The topological polar surface area (TPSA) is 141 Å². The Morgan fingerprint density at radius 2 is 1.13 bits per heavy atom. The van der Waals surface area contributed by atoms with Crippen LogP contribution in [0.1, 0.15) is 53.2 Å². The Balaban J connectivity index is 0.000000196. The van der Waals surface area contributed by atoms with Gasteiger partial charge in [-0.2, -0.15) is 0 Å². The summed E-state index contributed by atoms with van der Waals surface area (Å²) in [6, 6.07) is 24.3. The first-order chi connectivity index (χ1) is 25.5. The number of primary amides is 2. The van der Waals surface area contributed by atoms with E-state index in [9.17, 15) is 27.2 Å². The number of rotatable bonds is 12. The minimum Gasteiger partial charge on any atom is -0.505 e. The maximum absolute atomic E-state index is 14.1. The number of alkyl halides is 1. The fraction of sp³-hybridized carbons (Fsp3) is 0.158. The molecule has 6 aromatic rings. The number of carbonyl (C=O) groups excluding carboxylic acids is 2. The highest BCUT2D eigenvalue weighted by atomic mass is 79.9. The number of aromatic hydroxyl groups is 1. The molecule has 0 aliphatic heterocycles. The first-order valence-corrected chi connectivity index (χ1v) is 18.7. The van der Waals surface area contributed by atoms with E-state index in [2.05, 4.69) is 79.5 Å². The molecule has 2 amide bonds. The van der Waals surface area contributed by atoms with Crippen molar-refractivity contribution in [3.63, 3.8) is 0 Å². The fourth-order valence-corrected chi connectivity index (χ4v) is 6.60. The van der Waals surface area contributed by atoms with Gasteiger partial charge in [0.25, 0.3) is 11.8 Å². The second-order valence-corrected chi connectivity index (χ2v) is 13.5. The number of nitrogens with two attached hydrogens (primary N) is 2. The minimum atomic E-state index is -1.33. The minimum absolute atomic E-state index is 0.0246. The molecule has 5 N–H and O–H groups in total. The lowest BCUT2D eigenvalue weighted by Gasteiger charge is -2.08. The zero-order chi connectivity index (χ0) is 38.3. The molecule has 0 fully saturated rings. The molecule has 0 atom stereocenters. The number of aryl methyl sites for hydroxylation is 4. The average Bonchev–Trinajstić information content (AvgIpc) is 3.82. The van der Waals surface area contributed by atoms with Gasteiger partial charge in [0.2, 0.25) is 0 Å². The van der Waals surface area contributed by atoms with Crippen LogP contribution >= 0.6 is 38.6 Å². The maximum atomic E-state index is 14.1. The molecule has 0 aliphatic rings. The molecule has 53 heavy (non-hydrogen) atoms. The van der Waals surface area contributed by atoms with Crippen LogP contribution in [-0.4, -0.2) is 26.9 Å². The zero-order valence-corrected chi connectivity index (χ0v) is 31.1. The summed E-state index contributed by atoms with van der Waals surface area (Å²) >= 11 is 6.54. The third-order valence-corrected chi connectivity index (χ3v) is 9.98. The van der Waals surface area contributed by atoms with Crippen LogP contribution in [0, 0.1) is 23.3 Å². The molecule has 6 rings (SSSR count). The van der Waals surface area contributed by atoms with Gasteiger partial charge in [0.1, 0.15) is 39.4 Å². The third kappa shape index (κ3) is 12.2. The van der Waals surface area contributed by atoms with E-state index in [0.29, 0.717) is 5.01 Å².